The summed E-state index contributed by atoms with van der Waals surface area (Å²) in [5.41, 5.74) is 5.34. The second-order valence-corrected chi connectivity index (χ2v) is 2.98. The Bertz CT molecular complexity index is 283. The number of fused-ring (bicyclic) bond motifs is 1. The SMILES string of the molecule is NCCCOB1Oc2ccccc2O1. The number of benzene rings is 1. The molecule has 0 saturated heterocycles. The summed E-state index contributed by atoms with van der Waals surface area (Å²) in [5, 5.41) is 0. The van der Waals surface area contributed by atoms with Gasteiger partial charge in [0.05, 0.1) is 0 Å². The van der Waals surface area contributed by atoms with E-state index in [9.17, 15) is 0 Å². The fraction of sp³-hybridized carbons (Fsp3) is 0.333. The molecule has 1 aliphatic rings. The number of nitrogens with two attached hydrogens (primary N) is 1. The number of rotatable bonds is 4. The first-order valence-electron chi connectivity index (χ1n) is 4.64. The summed E-state index contributed by atoms with van der Waals surface area (Å²) in [5.74, 6) is 1.45. The molecule has 5 heteroatoms. The zero-order valence-electron chi connectivity index (χ0n) is 7.81. The van der Waals surface area contributed by atoms with Gasteiger partial charge >= 0.3 is 7.32 Å². The van der Waals surface area contributed by atoms with Crippen LogP contribution in [0.25, 0.3) is 0 Å². The minimum Gasteiger partial charge on any atom is -0.498 e. The van der Waals surface area contributed by atoms with E-state index in [1.54, 1.807) is 0 Å². The Balaban J connectivity index is 1.86. The highest BCUT2D eigenvalue weighted by Gasteiger charge is 2.34. The molecule has 14 heavy (non-hydrogen) atoms. The number of hydrogen-bond donors (Lipinski definition) is 1. The lowest BCUT2D eigenvalue weighted by molar-refractivity contribution is 0.220. The van der Waals surface area contributed by atoms with E-state index in [2.05, 4.69) is 0 Å². The average molecular weight is 193 g/mol. The highest BCUT2D eigenvalue weighted by atomic mass is 16.8. The normalized spacial score (nSPS) is 13.4. The summed E-state index contributed by atoms with van der Waals surface area (Å²) in [7, 11) is -0.612. The molecule has 0 aromatic heterocycles. The zero-order chi connectivity index (χ0) is 9.80. The molecule has 0 radical (unpaired) electrons. The zero-order valence-corrected chi connectivity index (χ0v) is 7.81. The van der Waals surface area contributed by atoms with Gasteiger partial charge in [0.25, 0.3) is 0 Å². The van der Waals surface area contributed by atoms with Crippen LogP contribution in [-0.4, -0.2) is 20.5 Å². The van der Waals surface area contributed by atoms with Crippen LogP contribution in [0.5, 0.6) is 11.5 Å². The first kappa shape index (κ1) is 9.36. The Morgan fingerprint density at radius 3 is 2.43 bits per heavy atom. The van der Waals surface area contributed by atoms with Crippen molar-refractivity contribution in [2.75, 3.05) is 13.2 Å². The van der Waals surface area contributed by atoms with Gasteiger partial charge in [-0.15, -0.1) is 0 Å². The minimum atomic E-state index is -0.612. The molecular weight excluding hydrogens is 181 g/mol. The molecule has 74 valence electrons. The Labute approximate surface area is 83.1 Å². The maximum Gasteiger partial charge on any atom is 0.788 e. The maximum absolute atomic E-state index is 5.37. The predicted octanol–water partition coefficient (Wildman–Crippen LogP) is 0.808. The van der Waals surface area contributed by atoms with E-state index >= 15 is 0 Å². The highest BCUT2D eigenvalue weighted by molar-refractivity contribution is 6.40. The fourth-order valence-electron chi connectivity index (χ4n) is 1.21. The molecule has 0 bridgehead atoms. The summed E-state index contributed by atoms with van der Waals surface area (Å²) in [4.78, 5) is 0. The summed E-state index contributed by atoms with van der Waals surface area (Å²) in [6.07, 6.45) is 0.805. The van der Waals surface area contributed by atoms with Gasteiger partial charge in [-0.1, -0.05) is 12.1 Å². The second-order valence-electron chi connectivity index (χ2n) is 2.98. The van der Waals surface area contributed by atoms with Gasteiger partial charge in [0.15, 0.2) is 0 Å². The standard InChI is InChI=1S/C9H12BNO3/c11-6-3-7-12-10-13-8-4-1-2-5-9(8)14-10/h1-2,4-5H,3,6-7,11H2. The molecule has 2 N–H and O–H groups in total. The Morgan fingerprint density at radius 2 is 1.86 bits per heavy atom. The van der Waals surface area contributed by atoms with Crippen LogP contribution in [-0.2, 0) is 4.65 Å². The first-order valence-corrected chi connectivity index (χ1v) is 4.64. The van der Waals surface area contributed by atoms with Gasteiger partial charge in [-0.3, -0.25) is 0 Å². The van der Waals surface area contributed by atoms with Crippen LogP contribution in [0.4, 0.5) is 0 Å². The largest absolute Gasteiger partial charge is 0.788 e. The maximum atomic E-state index is 5.37. The van der Waals surface area contributed by atoms with Crippen LogP contribution in [0, 0.1) is 0 Å². The van der Waals surface area contributed by atoms with Crippen LogP contribution in [0.1, 0.15) is 6.42 Å². The topological polar surface area (TPSA) is 53.7 Å². The van der Waals surface area contributed by atoms with Crippen LogP contribution in [0.2, 0.25) is 0 Å². The molecule has 1 aliphatic heterocycles. The molecule has 1 aromatic rings. The Hall–Kier alpha value is -1.20. The van der Waals surface area contributed by atoms with Crippen molar-refractivity contribution in [2.45, 2.75) is 6.42 Å². The van der Waals surface area contributed by atoms with Crippen molar-refractivity contribution in [3.05, 3.63) is 24.3 Å². The van der Waals surface area contributed by atoms with Crippen molar-refractivity contribution in [2.24, 2.45) is 5.73 Å². The van der Waals surface area contributed by atoms with Gasteiger partial charge in [0, 0.05) is 6.61 Å². The minimum absolute atomic E-state index is 0.551. The van der Waals surface area contributed by atoms with Crippen molar-refractivity contribution in [3.63, 3.8) is 0 Å². The van der Waals surface area contributed by atoms with Gasteiger partial charge in [0.2, 0.25) is 0 Å². The molecule has 1 aromatic carbocycles. The van der Waals surface area contributed by atoms with Gasteiger partial charge in [-0.25, -0.2) is 0 Å². The Morgan fingerprint density at radius 1 is 1.21 bits per heavy atom. The van der Waals surface area contributed by atoms with E-state index in [-0.39, 0.29) is 0 Å². The summed E-state index contributed by atoms with van der Waals surface area (Å²) >= 11 is 0. The first-order chi connectivity index (χ1) is 6.90. The average Bonchev–Trinajstić information content (AvgIpc) is 2.60. The van der Waals surface area contributed by atoms with E-state index in [0.717, 1.165) is 17.9 Å². The number of para-hydroxylation sites is 2. The van der Waals surface area contributed by atoms with E-state index in [1.165, 1.54) is 0 Å². The van der Waals surface area contributed by atoms with Crippen LogP contribution in [0.3, 0.4) is 0 Å². The van der Waals surface area contributed by atoms with Gasteiger partial charge < -0.3 is 19.7 Å². The third-order valence-electron chi connectivity index (χ3n) is 1.90. The summed E-state index contributed by atoms with van der Waals surface area (Å²) in [6.45, 7) is 1.16. The van der Waals surface area contributed by atoms with Crippen molar-refractivity contribution in [1.29, 1.82) is 0 Å². The van der Waals surface area contributed by atoms with E-state index in [4.69, 9.17) is 19.7 Å². The van der Waals surface area contributed by atoms with Gasteiger partial charge in [-0.05, 0) is 25.1 Å². The molecule has 0 atom stereocenters. The monoisotopic (exact) mass is 193 g/mol. The molecule has 4 nitrogen and oxygen atoms in total. The fourth-order valence-corrected chi connectivity index (χ4v) is 1.21. The quantitative estimate of drug-likeness (QED) is 0.567. The van der Waals surface area contributed by atoms with Crippen LogP contribution < -0.4 is 15.0 Å². The molecule has 0 saturated carbocycles. The highest BCUT2D eigenvalue weighted by Crippen LogP contribution is 2.32. The Kier molecular flexibility index (Phi) is 2.91. The lowest BCUT2D eigenvalue weighted by Crippen LogP contribution is -2.29. The third-order valence-corrected chi connectivity index (χ3v) is 1.90. The lowest BCUT2D eigenvalue weighted by Gasteiger charge is -2.03. The molecule has 1 heterocycles. The molecule has 2 rings (SSSR count). The van der Waals surface area contributed by atoms with Crippen molar-refractivity contribution in [1.82, 2.24) is 0 Å². The van der Waals surface area contributed by atoms with Gasteiger partial charge in [-0.2, -0.15) is 0 Å². The summed E-state index contributed by atoms with van der Waals surface area (Å²) in [6, 6.07) is 7.48. The van der Waals surface area contributed by atoms with E-state index < -0.39 is 7.32 Å². The molecule has 0 spiro atoms. The molecular formula is C9H12BNO3. The van der Waals surface area contributed by atoms with Crippen LogP contribution in [0.15, 0.2) is 24.3 Å². The molecule has 0 amide bonds. The lowest BCUT2D eigenvalue weighted by atomic mass is 10.2. The third kappa shape index (κ3) is 2.00. The second kappa shape index (κ2) is 4.35. The van der Waals surface area contributed by atoms with Gasteiger partial charge in [0.1, 0.15) is 11.5 Å². The number of hydrogen-bond acceptors (Lipinski definition) is 4. The van der Waals surface area contributed by atoms with E-state index in [1.807, 2.05) is 24.3 Å². The molecule has 0 fully saturated rings. The summed E-state index contributed by atoms with van der Waals surface area (Å²) < 4.78 is 16.0. The van der Waals surface area contributed by atoms with Crippen molar-refractivity contribution >= 4 is 7.32 Å². The van der Waals surface area contributed by atoms with Crippen molar-refractivity contribution in [3.8, 4) is 11.5 Å². The van der Waals surface area contributed by atoms with Crippen LogP contribution >= 0.6 is 0 Å². The molecule has 0 unspecified atom stereocenters. The smallest absolute Gasteiger partial charge is 0.498 e. The molecule has 0 aliphatic carbocycles. The van der Waals surface area contributed by atoms with Crippen molar-refractivity contribution < 1.29 is 14.0 Å². The predicted molar refractivity (Wildman–Crippen MR) is 53.1 cm³/mol. The van der Waals surface area contributed by atoms with E-state index in [0.29, 0.717) is 13.2 Å².